The molecule has 102 valence electrons. The van der Waals surface area contributed by atoms with Crippen LogP contribution in [0.5, 0.6) is 0 Å². The van der Waals surface area contributed by atoms with Crippen LogP contribution in [0.25, 0.3) is 0 Å². The summed E-state index contributed by atoms with van der Waals surface area (Å²) >= 11 is 4.68. The smallest absolute Gasteiger partial charge is 0.184 e. The lowest BCUT2D eigenvalue weighted by Gasteiger charge is -2.26. The molecule has 0 saturated carbocycles. The van der Waals surface area contributed by atoms with Crippen LogP contribution in [-0.4, -0.2) is 42.5 Å². The van der Waals surface area contributed by atoms with Crippen molar-refractivity contribution in [3.05, 3.63) is 35.4 Å². The van der Waals surface area contributed by atoms with E-state index >= 15 is 0 Å². The summed E-state index contributed by atoms with van der Waals surface area (Å²) in [6.45, 7) is 4.55. The summed E-state index contributed by atoms with van der Waals surface area (Å²) in [4.78, 5) is 2.38. The summed E-state index contributed by atoms with van der Waals surface area (Å²) in [5, 5.41) is 4.12. The lowest BCUT2D eigenvalue weighted by Crippen LogP contribution is -2.35. The van der Waals surface area contributed by atoms with Crippen molar-refractivity contribution in [3.8, 4) is 0 Å². The predicted octanol–water partition coefficient (Wildman–Crippen LogP) is 0.686. The largest absolute Gasteiger partial charge is 0.379 e. The molecule has 6 heteroatoms. The van der Waals surface area contributed by atoms with Crippen LogP contribution in [0.2, 0.25) is 0 Å². The maximum absolute atomic E-state index is 5.34. The highest BCUT2D eigenvalue weighted by molar-refractivity contribution is 7.80. The summed E-state index contributed by atoms with van der Waals surface area (Å²) in [6.07, 6.45) is 1.71. The van der Waals surface area contributed by atoms with Gasteiger partial charge in [-0.1, -0.05) is 18.2 Å². The van der Waals surface area contributed by atoms with E-state index in [1.54, 1.807) is 6.21 Å². The summed E-state index contributed by atoms with van der Waals surface area (Å²) in [5.74, 6) is 0. The molecule has 1 aliphatic rings. The summed E-state index contributed by atoms with van der Waals surface area (Å²) < 4.78 is 5.34. The molecule has 0 spiro atoms. The van der Waals surface area contributed by atoms with Gasteiger partial charge in [0.1, 0.15) is 0 Å². The van der Waals surface area contributed by atoms with Gasteiger partial charge in [0, 0.05) is 19.6 Å². The third kappa shape index (κ3) is 4.94. The van der Waals surface area contributed by atoms with Gasteiger partial charge in [-0.3, -0.25) is 10.3 Å². The number of nitrogens with one attached hydrogen (secondary N) is 1. The van der Waals surface area contributed by atoms with Gasteiger partial charge in [-0.25, -0.2) is 0 Å². The molecular formula is C13H18N4OS. The van der Waals surface area contributed by atoms with E-state index in [1.807, 2.05) is 12.1 Å². The third-order valence-corrected chi connectivity index (χ3v) is 2.94. The fourth-order valence-corrected chi connectivity index (χ4v) is 2.01. The molecule has 1 saturated heterocycles. The molecule has 0 aliphatic carbocycles. The molecule has 0 amide bonds. The summed E-state index contributed by atoms with van der Waals surface area (Å²) in [6, 6.07) is 8.25. The number of nitrogens with zero attached hydrogens (tertiary/aromatic N) is 2. The van der Waals surface area contributed by atoms with Gasteiger partial charge >= 0.3 is 0 Å². The lowest BCUT2D eigenvalue weighted by atomic mass is 10.1. The number of hydrazone groups is 1. The molecule has 1 aromatic carbocycles. The molecule has 1 aromatic rings. The van der Waals surface area contributed by atoms with Crippen molar-refractivity contribution in [2.75, 3.05) is 26.3 Å². The lowest BCUT2D eigenvalue weighted by molar-refractivity contribution is 0.0342. The Morgan fingerprint density at radius 1 is 1.47 bits per heavy atom. The first-order chi connectivity index (χ1) is 9.24. The van der Waals surface area contributed by atoms with Gasteiger partial charge in [0.2, 0.25) is 0 Å². The van der Waals surface area contributed by atoms with Crippen molar-refractivity contribution in [1.29, 1.82) is 0 Å². The van der Waals surface area contributed by atoms with Crippen molar-refractivity contribution >= 4 is 23.5 Å². The minimum atomic E-state index is 0.167. The third-order valence-electron chi connectivity index (χ3n) is 2.85. The number of hydrogen-bond acceptors (Lipinski definition) is 4. The maximum Gasteiger partial charge on any atom is 0.184 e. The van der Waals surface area contributed by atoms with Gasteiger partial charge in [-0.2, -0.15) is 5.10 Å². The molecule has 1 aliphatic heterocycles. The highest BCUT2D eigenvalue weighted by Gasteiger charge is 2.10. The first-order valence-electron chi connectivity index (χ1n) is 6.21. The van der Waals surface area contributed by atoms with Crippen molar-refractivity contribution in [2.45, 2.75) is 6.54 Å². The van der Waals surface area contributed by atoms with E-state index in [0.717, 1.165) is 38.4 Å². The van der Waals surface area contributed by atoms with Gasteiger partial charge in [0.15, 0.2) is 5.11 Å². The van der Waals surface area contributed by atoms with Crippen molar-refractivity contribution in [3.63, 3.8) is 0 Å². The van der Waals surface area contributed by atoms with Crippen LogP contribution in [0.1, 0.15) is 11.1 Å². The first kappa shape index (κ1) is 13.9. The van der Waals surface area contributed by atoms with Crippen LogP contribution < -0.4 is 11.2 Å². The molecule has 1 heterocycles. The van der Waals surface area contributed by atoms with Crippen molar-refractivity contribution in [1.82, 2.24) is 10.3 Å². The molecular weight excluding hydrogens is 260 g/mol. The zero-order chi connectivity index (χ0) is 13.5. The number of benzene rings is 1. The van der Waals surface area contributed by atoms with Crippen LogP contribution >= 0.6 is 12.2 Å². The van der Waals surface area contributed by atoms with Gasteiger partial charge < -0.3 is 10.5 Å². The second-order valence-electron chi connectivity index (χ2n) is 4.37. The van der Waals surface area contributed by atoms with E-state index in [2.05, 4.69) is 39.8 Å². The van der Waals surface area contributed by atoms with E-state index in [0.29, 0.717) is 0 Å². The number of thiocarbonyl (C=S) groups is 1. The first-order valence-corrected chi connectivity index (χ1v) is 6.62. The quantitative estimate of drug-likeness (QED) is 0.482. The standard InChI is InChI=1S/C13H18N4OS/c14-13(19)16-15-9-11-2-1-3-12(8-11)10-17-4-6-18-7-5-17/h1-3,8-9H,4-7,10H2,(H3,14,16,19). The van der Waals surface area contributed by atoms with Gasteiger partial charge in [-0.05, 0) is 29.4 Å². The normalized spacial score (nSPS) is 16.6. The highest BCUT2D eigenvalue weighted by Crippen LogP contribution is 2.08. The highest BCUT2D eigenvalue weighted by atomic mass is 32.1. The van der Waals surface area contributed by atoms with Crippen LogP contribution in [0.3, 0.4) is 0 Å². The van der Waals surface area contributed by atoms with Crippen LogP contribution in [0.15, 0.2) is 29.4 Å². The minimum absolute atomic E-state index is 0.167. The average molecular weight is 278 g/mol. The Balaban J connectivity index is 1.94. The van der Waals surface area contributed by atoms with Gasteiger partial charge in [0.05, 0.1) is 19.4 Å². The zero-order valence-corrected chi connectivity index (χ0v) is 11.5. The molecule has 0 unspecified atom stereocenters. The summed E-state index contributed by atoms with van der Waals surface area (Å²) in [7, 11) is 0. The molecule has 0 aromatic heterocycles. The SMILES string of the molecule is NC(=S)NN=Cc1cccc(CN2CCOCC2)c1. The Labute approximate surface area is 118 Å². The maximum atomic E-state index is 5.34. The van der Waals surface area contributed by atoms with E-state index in [1.165, 1.54) is 5.56 Å². The fourth-order valence-electron chi connectivity index (χ4n) is 1.96. The van der Waals surface area contributed by atoms with E-state index in [9.17, 15) is 0 Å². The molecule has 5 nitrogen and oxygen atoms in total. The molecule has 0 radical (unpaired) electrons. The minimum Gasteiger partial charge on any atom is -0.379 e. The van der Waals surface area contributed by atoms with E-state index < -0.39 is 0 Å². The monoisotopic (exact) mass is 278 g/mol. The molecule has 0 atom stereocenters. The topological polar surface area (TPSA) is 62.9 Å². The second-order valence-corrected chi connectivity index (χ2v) is 4.81. The van der Waals surface area contributed by atoms with Gasteiger partial charge in [0.25, 0.3) is 0 Å². The Morgan fingerprint density at radius 3 is 3.00 bits per heavy atom. The Bertz CT molecular complexity index is 458. The molecule has 2 rings (SSSR count). The number of nitrogens with two attached hydrogens (primary N) is 1. The molecule has 1 fully saturated rings. The molecule has 3 N–H and O–H groups in total. The molecule has 19 heavy (non-hydrogen) atoms. The van der Waals surface area contributed by atoms with Crippen molar-refractivity contribution < 1.29 is 4.74 Å². The van der Waals surface area contributed by atoms with E-state index in [-0.39, 0.29) is 5.11 Å². The zero-order valence-electron chi connectivity index (χ0n) is 10.7. The Hall–Kier alpha value is -1.50. The Morgan fingerprint density at radius 2 is 2.26 bits per heavy atom. The van der Waals surface area contributed by atoms with Gasteiger partial charge in [-0.15, -0.1) is 0 Å². The Kier molecular flexibility index (Phi) is 5.26. The second kappa shape index (κ2) is 7.18. The number of rotatable bonds is 4. The average Bonchev–Trinajstić information content (AvgIpc) is 2.40. The van der Waals surface area contributed by atoms with E-state index in [4.69, 9.17) is 10.5 Å². The molecule has 0 bridgehead atoms. The fraction of sp³-hybridized carbons (Fsp3) is 0.385. The number of hydrogen-bond donors (Lipinski definition) is 2. The van der Waals surface area contributed by atoms with Crippen LogP contribution in [-0.2, 0) is 11.3 Å². The number of morpholine rings is 1. The summed E-state index contributed by atoms with van der Waals surface area (Å²) in [5.41, 5.74) is 10.1. The van der Waals surface area contributed by atoms with Crippen LogP contribution in [0, 0.1) is 0 Å². The van der Waals surface area contributed by atoms with Crippen molar-refractivity contribution in [2.24, 2.45) is 10.8 Å². The number of ether oxygens (including phenoxy) is 1. The predicted molar refractivity (Wildman–Crippen MR) is 80.1 cm³/mol. The van der Waals surface area contributed by atoms with Crippen LogP contribution in [0.4, 0.5) is 0 Å².